The Morgan fingerprint density at radius 1 is 1.00 bits per heavy atom. The fourth-order valence-electron chi connectivity index (χ4n) is 2.62. The first-order valence-corrected chi connectivity index (χ1v) is 8.97. The van der Waals surface area contributed by atoms with E-state index in [1.165, 1.54) is 7.11 Å². The maximum Gasteiger partial charge on any atom is 0.337 e. The van der Waals surface area contributed by atoms with Gasteiger partial charge in [-0.1, -0.05) is 18.2 Å². The van der Waals surface area contributed by atoms with E-state index in [9.17, 15) is 9.59 Å². The van der Waals surface area contributed by atoms with Gasteiger partial charge in [0.15, 0.2) is 0 Å². The Kier molecular flexibility index (Phi) is 6.55. The molecule has 0 aliphatic carbocycles. The van der Waals surface area contributed by atoms with Crippen LogP contribution in [0.4, 0.5) is 0 Å². The van der Waals surface area contributed by atoms with Crippen LogP contribution in [0, 0.1) is 0 Å². The van der Waals surface area contributed by atoms with Gasteiger partial charge in [-0.3, -0.25) is 4.79 Å². The van der Waals surface area contributed by atoms with Gasteiger partial charge in [0, 0.05) is 30.9 Å². The molecule has 1 heterocycles. The zero-order chi connectivity index (χ0) is 20.6. The van der Waals surface area contributed by atoms with Crippen molar-refractivity contribution in [2.24, 2.45) is 5.73 Å². The topological polar surface area (TPSA) is 104 Å². The van der Waals surface area contributed by atoms with Crippen molar-refractivity contribution in [1.82, 2.24) is 10.3 Å². The normalized spacial score (nSPS) is 10.3. The third kappa shape index (κ3) is 5.40. The van der Waals surface area contributed by atoms with Crippen LogP contribution in [0.3, 0.4) is 0 Å². The van der Waals surface area contributed by atoms with Crippen molar-refractivity contribution in [2.75, 3.05) is 7.11 Å². The van der Waals surface area contributed by atoms with Crippen LogP contribution in [0.5, 0.6) is 11.6 Å². The molecule has 2 aromatic carbocycles. The van der Waals surface area contributed by atoms with Gasteiger partial charge in [0.05, 0.1) is 12.7 Å². The van der Waals surface area contributed by atoms with E-state index < -0.39 is 5.97 Å². The lowest BCUT2D eigenvalue weighted by Crippen LogP contribution is -2.22. The molecule has 0 atom stereocenters. The van der Waals surface area contributed by atoms with Crippen molar-refractivity contribution in [3.63, 3.8) is 0 Å². The summed E-state index contributed by atoms with van der Waals surface area (Å²) in [6, 6.07) is 17.2. The van der Waals surface area contributed by atoms with E-state index in [1.807, 2.05) is 6.07 Å². The first-order chi connectivity index (χ1) is 14.1. The molecule has 0 spiro atoms. The van der Waals surface area contributed by atoms with Crippen molar-refractivity contribution in [2.45, 2.75) is 13.1 Å². The average Bonchev–Trinajstić information content (AvgIpc) is 2.77. The number of rotatable bonds is 7. The summed E-state index contributed by atoms with van der Waals surface area (Å²) < 4.78 is 10.4. The van der Waals surface area contributed by atoms with Crippen LogP contribution >= 0.6 is 0 Å². The number of amides is 1. The predicted molar refractivity (Wildman–Crippen MR) is 108 cm³/mol. The van der Waals surface area contributed by atoms with Gasteiger partial charge in [-0.15, -0.1) is 0 Å². The molecule has 7 nitrogen and oxygen atoms in total. The number of esters is 1. The van der Waals surface area contributed by atoms with E-state index in [-0.39, 0.29) is 5.91 Å². The molecule has 0 saturated heterocycles. The van der Waals surface area contributed by atoms with Gasteiger partial charge < -0.3 is 20.5 Å². The van der Waals surface area contributed by atoms with E-state index in [1.54, 1.807) is 60.8 Å². The van der Waals surface area contributed by atoms with Crippen molar-refractivity contribution in [3.8, 4) is 11.6 Å². The highest BCUT2D eigenvalue weighted by Crippen LogP contribution is 2.21. The summed E-state index contributed by atoms with van der Waals surface area (Å²) in [6.07, 6.45) is 1.62. The second-order valence-electron chi connectivity index (χ2n) is 6.21. The van der Waals surface area contributed by atoms with Crippen LogP contribution in [-0.4, -0.2) is 24.0 Å². The van der Waals surface area contributed by atoms with Crippen LogP contribution < -0.4 is 15.8 Å². The highest BCUT2D eigenvalue weighted by molar-refractivity contribution is 5.94. The molecule has 29 heavy (non-hydrogen) atoms. The second kappa shape index (κ2) is 9.48. The van der Waals surface area contributed by atoms with Gasteiger partial charge >= 0.3 is 5.97 Å². The molecule has 3 aromatic rings. The average molecular weight is 391 g/mol. The van der Waals surface area contributed by atoms with Gasteiger partial charge in [-0.2, -0.15) is 0 Å². The minimum absolute atomic E-state index is 0.240. The number of carbonyl (C=O) groups is 2. The van der Waals surface area contributed by atoms with Gasteiger partial charge in [-0.25, -0.2) is 9.78 Å². The smallest absolute Gasteiger partial charge is 0.337 e. The monoisotopic (exact) mass is 391 g/mol. The summed E-state index contributed by atoms with van der Waals surface area (Å²) in [5.41, 5.74) is 8.31. The molecule has 7 heteroatoms. The third-order valence-corrected chi connectivity index (χ3v) is 4.18. The molecule has 0 bridgehead atoms. The molecule has 3 N–H and O–H groups in total. The number of pyridine rings is 1. The summed E-state index contributed by atoms with van der Waals surface area (Å²) in [4.78, 5) is 28.1. The highest BCUT2D eigenvalue weighted by atomic mass is 16.5. The van der Waals surface area contributed by atoms with Gasteiger partial charge in [-0.05, 0) is 47.5 Å². The quantitative estimate of drug-likeness (QED) is 0.600. The van der Waals surface area contributed by atoms with E-state index in [0.29, 0.717) is 35.8 Å². The highest BCUT2D eigenvalue weighted by Gasteiger charge is 2.09. The van der Waals surface area contributed by atoms with Crippen LogP contribution in [0.15, 0.2) is 66.9 Å². The third-order valence-electron chi connectivity index (χ3n) is 4.18. The van der Waals surface area contributed by atoms with E-state index in [0.717, 1.165) is 11.1 Å². The van der Waals surface area contributed by atoms with Crippen molar-refractivity contribution < 1.29 is 19.1 Å². The minimum atomic E-state index is -0.399. The van der Waals surface area contributed by atoms with Crippen LogP contribution in [0.2, 0.25) is 0 Å². The Balaban J connectivity index is 1.62. The van der Waals surface area contributed by atoms with Gasteiger partial charge in [0.1, 0.15) is 5.75 Å². The van der Waals surface area contributed by atoms with Crippen LogP contribution in [-0.2, 0) is 17.8 Å². The van der Waals surface area contributed by atoms with E-state index in [4.69, 9.17) is 10.5 Å². The predicted octanol–water partition coefficient (Wildman–Crippen LogP) is 3.05. The molecular formula is C22H21N3O4. The number of methoxy groups -OCH3 is 1. The molecule has 3 rings (SSSR count). The van der Waals surface area contributed by atoms with E-state index >= 15 is 0 Å². The molecule has 0 unspecified atom stereocenters. The fraction of sp³-hybridized carbons (Fsp3) is 0.136. The zero-order valence-electron chi connectivity index (χ0n) is 15.9. The molecule has 0 fully saturated rings. The lowest BCUT2D eigenvalue weighted by Gasteiger charge is -2.09. The first kappa shape index (κ1) is 20.0. The minimum Gasteiger partial charge on any atom is -0.465 e. The number of nitrogens with one attached hydrogen (secondary N) is 1. The number of nitrogens with zero attached hydrogens (tertiary/aromatic N) is 1. The Morgan fingerprint density at radius 3 is 2.52 bits per heavy atom. The number of ether oxygens (including phenoxy) is 2. The Bertz CT molecular complexity index is 1000. The number of aromatic nitrogens is 1. The van der Waals surface area contributed by atoms with Crippen LogP contribution in [0.25, 0.3) is 0 Å². The van der Waals surface area contributed by atoms with Gasteiger partial charge in [0.2, 0.25) is 5.88 Å². The molecule has 1 aromatic heterocycles. The lowest BCUT2D eigenvalue weighted by molar-refractivity contribution is 0.0600. The lowest BCUT2D eigenvalue weighted by atomic mass is 10.1. The number of hydrogen-bond donors (Lipinski definition) is 2. The summed E-state index contributed by atoms with van der Waals surface area (Å²) in [6.45, 7) is 0.716. The number of carbonyl (C=O) groups excluding carboxylic acids is 2. The van der Waals surface area contributed by atoms with Crippen molar-refractivity contribution in [3.05, 3.63) is 89.1 Å². The zero-order valence-corrected chi connectivity index (χ0v) is 15.9. The van der Waals surface area contributed by atoms with Crippen molar-refractivity contribution in [1.29, 1.82) is 0 Å². The van der Waals surface area contributed by atoms with Gasteiger partial charge in [0.25, 0.3) is 5.91 Å². The molecule has 0 aliphatic rings. The fourth-order valence-corrected chi connectivity index (χ4v) is 2.62. The Morgan fingerprint density at radius 2 is 1.79 bits per heavy atom. The molecule has 1 amide bonds. The van der Waals surface area contributed by atoms with E-state index in [2.05, 4.69) is 15.0 Å². The molecule has 148 valence electrons. The Hall–Kier alpha value is -3.71. The molecule has 0 aliphatic heterocycles. The summed E-state index contributed by atoms with van der Waals surface area (Å²) >= 11 is 0. The molecule has 0 saturated carbocycles. The number of nitrogens with two attached hydrogens (primary N) is 1. The number of hydrogen-bond acceptors (Lipinski definition) is 6. The molecule has 0 radical (unpaired) electrons. The SMILES string of the molecule is COC(=O)c1ccc(CNC(=O)c2cccc(Oc3cc(CN)ccn3)c2)cc1. The Labute approximate surface area is 168 Å². The summed E-state index contributed by atoms with van der Waals surface area (Å²) in [5.74, 6) is 0.276. The van der Waals surface area contributed by atoms with Crippen molar-refractivity contribution >= 4 is 11.9 Å². The summed E-state index contributed by atoms with van der Waals surface area (Å²) in [7, 11) is 1.33. The standard InChI is InChI=1S/C22H21N3O4/c1-28-22(27)17-7-5-15(6-8-17)14-25-21(26)18-3-2-4-19(12-18)29-20-11-16(13-23)9-10-24-20/h2-12H,13-14,23H2,1H3,(H,25,26). The maximum atomic E-state index is 12.5. The first-order valence-electron chi connectivity index (χ1n) is 8.97. The summed E-state index contributed by atoms with van der Waals surface area (Å²) in [5, 5.41) is 2.84. The largest absolute Gasteiger partial charge is 0.465 e. The number of benzene rings is 2. The molecular weight excluding hydrogens is 370 g/mol. The van der Waals surface area contributed by atoms with Crippen LogP contribution in [0.1, 0.15) is 31.8 Å². The second-order valence-corrected chi connectivity index (χ2v) is 6.21. The maximum absolute atomic E-state index is 12.5.